The molecule has 0 saturated carbocycles. The standard InChI is InChI=1S/C15H15N3O6/c19-13-5-6-14(20)24-15(23-13)10-16-7-2-8-17(15)11-3-1-4-12(9-11)18(21)22/h1,3-6,9,16H,2,7-8,10H2. The monoisotopic (exact) mass is 333 g/mol. The van der Waals surface area contributed by atoms with Crippen LogP contribution in [0.3, 0.4) is 0 Å². The Hall–Kier alpha value is -2.94. The number of non-ortho nitro benzene ring substituents is 1. The molecule has 0 radical (unpaired) electrons. The molecule has 1 aromatic rings. The van der Waals surface area contributed by atoms with Crippen LogP contribution < -0.4 is 10.2 Å². The molecule has 0 atom stereocenters. The average Bonchev–Trinajstić information content (AvgIpc) is 2.83. The number of esters is 2. The minimum absolute atomic E-state index is 0.0504. The molecule has 24 heavy (non-hydrogen) atoms. The Morgan fingerprint density at radius 2 is 1.92 bits per heavy atom. The molecule has 1 N–H and O–H groups in total. The Balaban J connectivity index is 2.04. The smallest absolute Gasteiger partial charge is 0.356 e. The summed E-state index contributed by atoms with van der Waals surface area (Å²) in [6.45, 7) is 1.05. The van der Waals surface area contributed by atoms with E-state index in [2.05, 4.69) is 5.32 Å². The van der Waals surface area contributed by atoms with Gasteiger partial charge in [-0.15, -0.1) is 0 Å². The van der Waals surface area contributed by atoms with Crippen molar-refractivity contribution in [1.29, 1.82) is 0 Å². The van der Waals surface area contributed by atoms with E-state index in [9.17, 15) is 19.7 Å². The van der Waals surface area contributed by atoms with Gasteiger partial charge in [-0.2, -0.15) is 0 Å². The van der Waals surface area contributed by atoms with Gasteiger partial charge in [0.15, 0.2) is 0 Å². The third kappa shape index (κ3) is 3.06. The number of carbonyl (C=O) groups excluding carboxylic acids is 2. The highest BCUT2D eigenvalue weighted by molar-refractivity contribution is 5.93. The Labute approximate surface area is 137 Å². The molecule has 0 unspecified atom stereocenters. The van der Waals surface area contributed by atoms with Gasteiger partial charge in [-0.05, 0) is 19.0 Å². The maximum atomic E-state index is 11.9. The van der Waals surface area contributed by atoms with E-state index in [0.29, 0.717) is 25.2 Å². The average molecular weight is 333 g/mol. The Kier molecular flexibility index (Phi) is 4.17. The largest absolute Gasteiger partial charge is 0.399 e. The van der Waals surface area contributed by atoms with E-state index in [1.54, 1.807) is 11.0 Å². The third-order valence-corrected chi connectivity index (χ3v) is 3.72. The van der Waals surface area contributed by atoms with Gasteiger partial charge in [0.25, 0.3) is 5.69 Å². The fourth-order valence-corrected chi connectivity index (χ4v) is 2.70. The van der Waals surface area contributed by atoms with Crippen molar-refractivity contribution in [2.75, 3.05) is 24.5 Å². The summed E-state index contributed by atoms with van der Waals surface area (Å²) in [7, 11) is 0. The van der Waals surface area contributed by atoms with Crippen molar-refractivity contribution < 1.29 is 24.0 Å². The quantitative estimate of drug-likeness (QED) is 0.478. The molecule has 0 aliphatic carbocycles. The first-order chi connectivity index (χ1) is 11.5. The van der Waals surface area contributed by atoms with Crippen LogP contribution in [0, 0.1) is 10.1 Å². The van der Waals surface area contributed by atoms with E-state index < -0.39 is 22.8 Å². The number of hydrogen-bond donors (Lipinski definition) is 1. The minimum Gasteiger partial charge on any atom is -0.399 e. The van der Waals surface area contributed by atoms with Crippen molar-refractivity contribution in [2.45, 2.75) is 12.3 Å². The van der Waals surface area contributed by atoms with Crippen LogP contribution in [0.15, 0.2) is 36.4 Å². The van der Waals surface area contributed by atoms with Gasteiger partial charge in [0.05, 0.1) is 17.2 Å². The second-order valence-corrected chi connectivity index (χ2v) is 5.35. The topological polar surface area (TPSA) is 111 Å². The second-order valence-electron chi connectivity index (χ2n) is 5.35. The van der Waals surface area contributed by atoms with Crippen LogP contribution in [0.4, 0.5) is 11.4 Å². The maximum absolute atomic E-state index is 11.9. The number of nitro groups is 1. The van der Waals surface area contributed by atoms with Crippen molar-refractivity contribution in [3.8, 4) is 0 Å². The van der Waals surface area contributed by atoms with Gasteiger partial charge in [-0.1, -0.05) is 6.07 Å². The lowest BCUT2D eigenvalue weighted by molar-refractivity contribution is -0.384. The number of carbonyl (C=O) groups is 2. The molecule has 9 heteroatoms. The summed E-state index contributed by atoms with van der Waals surface area (Å²) in [5.74, 6) is -3.14. The highest BCUT2D eigenvalue weighted by Crippen LogP contribution is 2.32. The van der Waals surface area contributed by atoms with Crippen molar-refractivity contribution >= 4 is 23.3 Å². The summed E-state index contributed by atoms with van der Waals surface area (Å²) < 4.78 is 10.8. The summed E-state index contributed by atoms with van der Waals surface area (Å²) in [5, 5.41) is 14.1. The Morgan fingerprint density at radius 3 is 2.58 bits per heavy atom. The molecular formula is C15H15N3O6. The predicted octanol–water partition coefficient (Wildman–Crippen LogP) is 0.704. The van der Waals surface area contributed by atoms with Crippen LogP contribution in [-0.2, 0) is 19.1 Å². The van der Waals surface area contributed by atoms with Gasteiger partial charge in [0.1, 0.15) is 0 Å². The van der Waals surface area contributed by atoms with E-state index in [1.165, 1.54) is 18.2 Å². The molecule has 1 fully saturated rings. The Bertz CT molecular complexity index is 697. The van der Waals surface area contributed by atoms with Crippen molar-refractivity contribution in [2.24, 2.45) is 0 Å². The lowest BCUT2D eigenvalue weighted by atomic mass is 10.2. The fourth-order valence-electron chi connectivity index (χ4n) is 2.70. The number of nitro benzene ring substituents is 1. The highest BCUT2D eigenvalue weighted by atomic mass is 16.8. The normalized spacial score (nSPS) is 20.1. The molecule has 1 saturated heterocycles. The van der Waals surface area contributed by atoms with Crippen LogP contribution >= 0.6 is 0 Å². The zero-order valence-corrected chi connectivity index (χ0v) is 12.6. The Morgan fingerprint density at radius 1 is 1.21 bits per heavy atom. The molecule has 2 aliphatic rings. The van der Waals surface area contributed by atoms with Crippen molar-refractivity contribution in [3.63, 3.8) is 0 Å². The molecule has 0 amide bonds. The van der Waals surface area contributed by atoms with Gasteiger partial charge in [-0.25, -0.2) is 9.59 Å². The van der Waals surface area contributed by atoms with E-state index >= 15 is 0 Å². The van der Waals surface area contributed by atoms with Gasteiger partial charge < -0.3 is 14.8 Å². The van der Waals surface area contributed by atoms with Gasteiger partial charge in [0, 0.05) is 30.8 Å². The molecule has 1 aromatic carbocycles. The molecule has 9 nitrogen and oxygen atoms in total. The van der Waals surface area contributed by atoms with Crippen LogP contribution in [-0.4, -0.2) is 42.4 Å². The number of hydrogen-bond acceptors (Lipinski definition) is 8. The lowest BCUT2D eigenvalue weighted by Gasteiger charge is -2.40. The molecule has 2 aliphatic heterocycles. The molecule has 2 heterocycles. The first-order valence-electron chi connectivity index (χ1n) is 7.37. The second kappa shape index (κ2) is 6.28. The third-order valence-electron chi connectivity index (χ3n) is 3.72. The van der Waals surface area contributed by atoms with E-state index in [-0.39, 0.29) is 12.2 Å². The number of nitrogens with one attached hydrogen (secondary N) is 1. The first kappa shape index (κ1) is 15.9. The molecule has 1 spiro atoms. The number of nitrogens with zero attached hydrogens (tertiary/aromatic N) is 2. The highest BCUT2D eigenvalue weighted by Gasteiger charge is 2.47. The molecule has 3 rings (SSSR count). The van der Waals surface area contributed by atoms with Crippen molar-refractivity contribution in [3.05, 3.63) is 46.5 Å². The summed E-state index contributed by atoms with van der Waals surface area (Å²) in [6, 6.07) is 5.88. The molecule has 0 aromatic heterocycles. The summed E-state index contributed by atoms with van der Waals surface area (Å²) >= 11 is 0. The van der Waals surface area contributed by atoms with Crippen LogP contribution in [0.5, 0.6) is 0 Å². The minimum atomic E-state index is -1.69. The number of benzene rings is 1. The summed E-state index contributed by atoms with van der Waals surface area (Å²) in [6.07, 6.45) is 2.66. The number of ether oxygens (including phenoxy) is 2. The first-order valence-corrected chi connectivity index (χ1v) is 7.37. The molecule has 0 bridgehead atoms. The van der Waals surface area contributed by atoms with Crippen LogP contribution in [0.2, 0.25) is 0 Å². The maximum Gasteiger partial charge on any atom is 0.356 e. The SMILES string of the molecule is O=C1C=CC(=O)OC2(CNCCCN2c2cccc([N+](=O)[O-])c2)O1. The van der Waals surface area contributed by atoms with Crippen LogP contribution in [0.25, 0.3) is 0 Å². The number of anilines is 1. The van der Waals surface area contributed by atoms with Gasteiger partial charge in [0.2, 0.25) is 0 Å². The van der Waals surface area contributed by atoms with Crippen LogP contribution in [0.1, 0.15) is 6.42 Å². The summed E-state index contributed by atoms with van der Waals surface area (Å²) in [5.41, 5.74) is 0.319. The number of rotatable bonds is 2. The van der Waals surface area contributed by atoms with E-state index in [1.807, 2.05) is 0 Å². The van der Waals surface area contributed by atoms with Crippen molar-refractivity contribution in [1.82, 2.24) is 5.32 Å². The fraction of sp³-hybridized carbons (Fsp3) is 0.333. The van der Waals surface area contributed by atoms with Gasteiger partial charge >= 0.3 is 17.8 Å². The molecule has 126 valence electrons. The predicted molar refractivity (Wildman–Crippen MR) is 82.0 cm³/mol. The summed E-state index contributed by atoms with van der Waals surface area (Å²) in [4.78, 5) is 35.8. The van der Waals surface area contributed by atoms with Gasteiger partial charge in [-0.3, -0.25) is 15.0 Å². The van der Waals surface area contributed by atoms with E-state index in [0.717, 1.165) is 12.2 Å². The zero-order chi connectivity index (χ0) is 17.2. The molecular weight excluding hydrogens is 318 g/mol. The zero-order valence-electron chi connectivity index (χ0n) is 12.6. The van der Waals surface area contributed by atoms with E-state index in [4.69, 9.17) is 9.47 Å². The lowest BCUT2D eigenvalue weighted by Crippen LogP contribution is -2.58.